The van der Waals surface area contributed by atoms with Gasteiger partial charge >= 0.3 is 0 Å². The second-order valence-corrected chi connectivity index (χ2v) is 6.65. The maximum absolute atomic E-state index is 12.6. The maximum Gasteiger partial charge on any atom is 0.292 e. The van der Waals surface area contributed by atoms with Gasteiger partial charge in [0.05, 0.1) is 0 Å². The molecule has 5 nitrogen and oxygen atoms in total. The van der Waals surface area contributed by atoms with Crippen molar-refractivity contribution < 1.29 is 0 Å². The van der Waals surface area contributed by atoms with Crippen molar-refractivity contribution in [3.05, 3.63) is 101 Å². The van der Waals surface area contributed by atoms with Crippen LogP contribution in [0.2, 0.25) is 0 Å². The molecule has 5 aromatic rings. The Labute approximate surface area is 166 Å². The standard InChI is InChI=1S/C24H16N4O/c29-24-23-20(22(26-28-24)18-14-8-3-9-15-18)19(16-10-4-1-5-11-16)21(25-27-23)17-12-6-2-7-13-17/h1-15H,(H,28,29). The third-order valence-electron chi connectivity index (χ3n) is 4.85. The molecule has 138 valence electrons. The molecular weight excluding hydrogens is 360 g/mol. The van der Waals surface area contributed by atoms with Gasteiger partial charge in [-0.15, -0.1) is 10.2 Å². The lowest BCUT2D eigenvalue weighted by atomic mass is 9.94. The molecule has 0 amide bonds. The summed E-state index contributed by atoms with van der Waals surface area (Å²) in [4.78, 5) is 12.6. The Bertz CT molecular complexity index is 1350. The van der Waals surface area contributed by atoms with Crippen LogP contribution in [0.1, 0.15) is 0 Å². The van der Waals surface area contributed by atoms with Gasteiger partial charge in [0.25, 0.3) is 5.56 Å². The number of aromatic nitrogens is 4. The molecule has 5 heteroatoms. The highest BCUT2D eigenvalue weighted by molar-refractivity contribution is 6.06. The van der Waals surface area contributed by atoms with Crippen LogP contribution in [0.5, 0.6) is 0 Å². The van der Waals surface area contributed by atoms with Gasteiger partial charge in [0.1, 0.15) is 11.4 Å². The van der Waals surface area contributed by atoms with Gasteiger partial charge in [-0.25, -0.2) is 5.10 Å². The first-order valence-corrected chi connectivity index (χ1v) is 9.28. The molecule has 0 aliphatic carbocycles. The van der Waals surface area contributed by atoms with Gasteiger partial charge < -0.3 is 0 Å². The molecule has 0 spiro atoms. The summed E-state index contributed by atoms with van der Waals surface area (Å²) in [5.41, 5.74) is 4.94. The molecule has 3 aromatic carbocycles. The lowest BCUT2D eigenvalue weighted by molar-refractivity contribution is 0.987. The van der Waals surface area contributed by atoms with E-state index in [1.165, 1.54) is 0 Å². The zero-order valence-corrected chi connectivity index (χ0v) is 15.4. The first-order chi connectivity index (χ1) is 14.3. The highest BCUT2D eigenvalue weighted by Gasteiger charge is 2.20. The average molecular weight is 376 g/mol. The lowest BCUT2D eigenvalue weighted by Gasteiger charge is -2.14. The van der Waals surface area contributed by atoms with Crippen LogP contribution in [0.3, 0.4) is 0 Å². The van der Waals surface area contributed by atoms with Crippen LogP contribution >= 0.6 is 0 Å². The number of hydrogen-bond donors (Lipinski definition) is 1. The lowest BCUT2D eigenvalue weighted by Crippen LogP contribution is -2.13. The Morgan fingerprint density at radius 3 is 1.69 bits per heavy atom. The normalized spacial score (nSPS) is 10.9. The summed E-state index contributed by atoms with van der Waals surface area (Å²) in [6, 6.07) is 29.6. The smallest absolute Gasteiger partial charge is 0.265 e. The van der Waals surface area contributed by atoms with Crippen molar-refractivity contribution in [2.45, 2.75) is 0 Å². The van der Waals surface area contributed by atoms with Crippen LogP contribution < -0.4 is 5.56 Å². The zero-order chi connectivity index (χ0) is 19.6. The summed E-state index contributed by atoms with van der Waals surface area (Å²) in [6.45, 7) is 0. The van der Waals surface area contributed by atoms with E-state index >= 15 is 0 Å². The molecular formula is C24H16N4O. The predicted octanol–water partition coefficient (Wildman–Crippen LogP) is 4.71. The van der Waals surface area contributed by atoms with E-state index in [-0.39, 0.29) is 11.1 Å². The molecule has 0 saturated heterocycles. The third-order valence-corrected chi connectivity index (χ3v) is 4.85. The second-order valence-electron chi connectivity index (χ2n) is 6.65. The molecule has 0 aliphatic heterocycles. The minimum Gasteiger partial charge on any atom is -0.265 e. The van der Waals surface area contributed by atoms with Crippen molar-refractivity contribution in [3.63, 3.8) is 0 Å². The fourth-order valence-electron chi connectivity index (χ4n) is 3.53. The van der Waals surface area contributed by atoms with E-state index in [4.69, 9.17) is 0 Å². The SMILES string of the molecule is O=c1[nH]nc(-c2ccccc2)c2c(-c3ccccc3)c(-c3ccccc3)nnc12. The summed E-state index contributed by atoms with van der Waals surface area (Å²) in [7, 11) is 0. The minimum atomic E-state index is -0.357. The van der Waals surface area contributed by atoms with E-state index in [1.807, 2.05) is 91.0 Å². The van der Waals surface area contributed by atoms with E-state index in [0.29, 0.717) is 16.8 Å². The number of fused-ring (bicyclic) bond motifs is 1. The van der Waals surface area contributed by atoms with Gasteiger partial charge in [-0.1, -0.05) is 91.0 Å². The maximum atomic E-state index is 12.6. The minimum absolute atomic E-state index is 0.275. The molecule has 29 heavy (non-hydrogen) atoms. The van der Waals surface area contributed by atoms with Crippen LogP contribution in [0.15, 0.2) is 95.8 Å². The monoisotopic (exact) mass is 376 g/mol. The molecule has 5 rings (SSSR count). The van der Waals surface area contributed by atoms with Crippen molar-refractivity contribution in [1.82, 2.24) is 20.4 Å². The zero-order valence-electron chi connectivity index (χ0n) is 15.4. The molecule has 0 fully saturated rings. The van der Waals surface area contributed by atoms with Crippen molar-refractivity contribution >= 4 is 10.9 Å². The van der Waals surface area contributed by atoms with Crippen LogP contribution in [0.4, 0.5) is 0 Å². The molecule has 2 heterocycles. The molecule has 0 unspecified atom stereocenters. The molecule has 0 aliphatic rings. The van der Waals surface area contributed by atoms with E-state index in [0.717, 1.165) is 22.3 Å². The van der Waals surface area contributed by atoms with Gasteiger partial charge in [0.15, 0.2) is 5.52 Å². The van der Waals surface area contributed by atoms with Crippen molar-refractivity contribution in [2.75, 3.05) is 0 Å². The summed E-state index contributed by atoms with van der Waals surface area (Å²) in [5, 5.41) is 16.4. The topological polar surface area (TPSA) is 71.5 Å². The Morgan fingerprint density at radius 2 is 1.10 bits per heavy atom. The Kier molecular flexibility index (Phi) is 4.18. The Morgan fingerprint density at radius 1 is 0.586 bits per heavy atom. The molecule has 0 atom stereocenters. The molecule has 0 bridgehead atoms. The molecule has 1 N–H and O–H groups in total. The van der Waals surface area contributed by atoms with Crippen molar-refractivity contribution in [3.8, 4) is 33.6 Å². The average Bonchev–Trinajstić information content (AvgIpc) is 2.80. The van der Waals surface area contributed by atoms with E-state index in [9.17, 15) is 4.79 Å². The fraction of sp³-hybridized carbons (Fsp3) is 0. The fourth-order valence-corrected chi connectivity index (χ4v) is 3.53. The van der Waals surface area contributed by atoms with Gasteiger partial charge in [-0.05, 0) is 5.56 Å². The van der Waals surface area contributed by atoms with E-state index < -0.39 is 0 Å². The highest BCUT2D eigenvalue weighted by atomic mass is 16.1. The number of aromatic amines is 1. The number of rotatable bonds is 3. The highest BCUT2D eigenvalue weighted by Crippen LogP contribution is 2.38. The van der Waals surface area contributed by atoms with Crippen LogP contribution in [-0.4, -0.2) is 20.4 Å². The Hall–Kier alpha value is -4.12. The molecule has 0 radical (unpaired) electrons. The first kappa shape index (κ1) is 17.0. The quantitative estimate of drug-likeness (QED) is 0.495. The molecule has 2 aromatic heterocycles. The third kappa shape index (κ3) is 2.99. The first-order valence-electron chi connectivity index (χ1n) is 9.28. The van der Waals surface area contributed by atoms with E-state index in [1.54, 1.807) is 0 Å². The van der Waals surface area contributed by atoms with Crippen LogP contribution in [0.25, 0.3) is 44.5 Å². The number of nitrogens with one attached hydrogen (secondary N) is 1. The summed E-state index contributed by atoms with van der Waals surface area (Å²) >= 11 is 0. The number of hydrogen-bond acceptors (Lipinski definition) is 4. The van der Waals surface area contributed by atoms with Crippen molar-refractivity contribution in [2.24, 2.45) is 0 Å². The summed E-state index contributed by atoms with van der Waals surface area (Å²) < 4.78 is 0. The van der Waals surface area contributed by atoms with Crippen molar-refractivity contribution in [1.29, 1.82) is 0 Å². The second kappa shape index (κ2) is 7.13. The van der Waals surface area contributed by atoms with Crippen LogP contribution in [-0.2, 0) is 0 Å². The van der Waals surface area contributed by atoms with Gasteiger partial charge in [-0.2, -0.15) is 5.10 Å². The van der Waals surface area contributed by atoms with Gasteiger partial charge in [0, 0.05) is 22.1 Å². The summed E-state index contributed by atoms with van der Waals surface area (Å²) in [6.07, 6.45) is 0. The number of nitrogens with zero attached hydrogens (tertiary/aromatic N) is 3. The van der Waals surface area contributed by atoms with Gasteiger partial charge in [-0.3, -0.25) is 4.79 Å². The predicted molar refractivity (Wildman–Crippen MR) is 114 cm³/mol. The summed E-state index contributed by atoms with van der Waals surface area (Å²) in [5.74, 6) is 0. The van der Waals surface area contributed by atoms with Gasteiger partial charge in [0.2, 0.25) is 0 Å². The molecule has 0 saturated carbocycles. The largest absolute Gasteiger partial charge is 0.292 e. The number of benzene rings is 3. The number of H-pyrrole nitrogens is 1. The Balaban J connectivity index is 1.97. The van der Waals surface area contributed by atoms with Crippen LogP contribution in [0, 0.1) is 0 Å². The van der Waals surface area contributed by atoms with E-state index in [2.05, 4.69) is 20.4 Å².